The lowest BCUT2D eigenvalue weighted by Crippen LogP contribution is -2.24. The minimum Gasteiger partial charge on any atom is -0.779 e. The first kappa shape index (κ1) is 14.5. The zero-order valence-electron chi connectivity index (χ0n) is 8.57. The van der Waals surface area contributed by atoms with Gasteiger partial charge in [0.1, 0.15) is 7.60 Å². The van der Waals surface area contributed by atoms with Crippen molar-refractivity contribution in [2.75, 3.05) is 6.66 Å². The summed E-state index contributed by atoms with van der Waals surface area (Å²) in [5, 5.41) is 0.247. The van der Waals surface area contributed by atoms with Gasteiger partial charge in [-0.25, -0.2) is 0 Å². The summed E-state index contributed by atoms with van der Waals surface area (Å²) in [6, 6.07) is 4.58. The second kappa shape index (κ2) is 4.98. The van der Waals surface area contributed by atoms with Gasteiger partial charge in [0.25, 0.3) is 0 Å². The van der Waals surface area contributed by atoms with Crippen molar-refractivity contribution in [3.63, 3.8) is 0 Å². The topological polar surface area (TPSA) is 49.4 Å². The van der Waals surface area contributed by atoms with Gasteiger partial charge in [0.2, 0.25) is 0 Å². The van der Waals surface area contributed by atoms with E-state index < -0.39 is 19.9 Å². The Morgan fingerprint density at radius 2 is 1.82 bits per heavy atom. The van der Waals surface area contributed by atoms with E-state index in [1.807, 2.05) is 0 Å². The van der Waals surface area contributed by atoms with E-state index in [4.69, 9.17) is 11.6 Å². The van der Waals surface area contributed by atoms with Gasteiger partial charge < -0.3 is 14.0 Å². The molecule has 8 heteroatoms. The zero-order chi connectivity index (χ0) is 13.3. The molecule has 0 saturated heterocycles. The predicted molar refractivity (Wildman–Crippen MR) is 54.9 cm³/mol. The molecule has 2 atom stereocenters. The third-order valence-electron chi connectivity index (χ3n) is 1.77. The molecule has 0 heterocycles. The first-order valence-electron chi connectivity index (χ1n) is 4.39. The molecule has 0 N–H and O–H groups in total. The highest BCUT2D eigenvalue weighted by Gasteiger charge is 2.43. The first-order chi connectivity index (χ1) is 7.59. The van der Waals surface area contributed by atoms with Crippen LogP contribution in [-0.4, -0.2) is 12.8 Å². The quantitative estimate of drug-likeness (QED) is 0.803. The van der Waals surface area contributed by atoms with E-state index in [0.717, 1.165) is 12.1 Å². The van der Waals surface area contributed by atoms with Crippen LogP contribution in [0, 0.1) is 0 Å². The molecular weight excluding hydrogens is 280 g/mol. The Balaban J connectivity index is 3.07. The molecule has 0 aliphatic rings. The van der Waals surface area contributed by atoms with Gasteiger partial charge in [0.15, 0.2) is 6.10 Å². The standard InChI is InChI=1S/C9H9ClF3O3P/c1-17(14,15)16-8(9(11,12)13)6-2-4-7(10)5-3-6/h2-5,8H,1H3,(H,14,15)/p-1/t8-/m1/s1. The lowest BCUT2D eigenvalue weighted by molar-refractivity contribution is -0.239. The van der Waals surface area contributed by atoms with Crippen LogP contribution in [-0.2, 0) is 9.09 Å². The molecule has 17 heavy (non-hydrogen) atoms. The average molecular weight is 288 g/mol. The van der Waals surface area contributed by atoms with Crippen LogP contribution in [0.3, 0.4) is 0 Å². The van der Waals surface area contributed by atoms with Crippen LogP contribution in [0.4, 0.5) is 13.2 Å². The van der Waals surface area contributed by atoms with Crippen molar-refractivity contribution in [2.45, 2.75) is 12.3 Å². The van der Waals surface area contributed by atoms with Crippen molar-refractivity contribution in [1.29, 1.82) is 0 Å². The summed E-state index contributed by atoms with van der Waals surface area (Å²) in [7, 11) is -4.50. The zero-order valence-corrected chi connectivity index (χ0v) is 10.2. The summed E-state index contributed by atoms with van der Waals surface area (Å²) in [5.74, 6) is 0. The molecule has 0 aliphatic carbocycles. The van der Waals surface area contributed by atoms with Crippen LogP contribution in [0.5, 0.6) is 0 Å². The maximum atomic E-state index is 12.6. The summed E-state index contributed by atoms with van der Waals surface area (Å²) in [4.78, 5) is 10.8. The largest absolute Gasteiger partial charge is 0.779 e. The molecule has 0 spiro atoms. The molecule has 0 bridgehead atoms. The van der Waals surface area contributed by atoms with Gasteiger partial charge in [0.05, 0.1) is 0 Å². The second-order valence-corrected chi connectivity index (χ2v) is 5.54. The van der Waals surface area contributed by atoms with Crippen LogP contribution in [0.15, 0.2) is 24.3 Å². The number of hydrogen-bond acceptors (Lipinski definition) is 3. The van der Waals surface area contributed by atoms with Gasteiger partial charge >= 0.3 is 6.18 Å². The van der Waals surface area contributed by atoms with Crippen molar-refractivity contribution in [3.8, 4) is 0 Å². The van der Waals surface area contributed by atoms with Crippen LogP contribution >= 0.6 is 19.2 Å². The molecule has 0 amide bonds. The number of halogens is 4. The van der Waals surface area contributed by atoms with Crippen molar-refractivity contribution >= 4 is 19.2 Å². The van der Waals surface area contributed by atoms with Gasteiger partial charge in [0, 0.05) is 11.7 Å². The Bertz CT molecular complexity index is 426. The second-order valence-electron chi connectivity index (χ2n) is 3.35. The van der Waals surface area contributed by atoms with Crippen LogP contribution < -0.4 is 4.89 Å². The number of rotatable bonds is 3. The average Bonchev–Trinajstić information content (AvgIpc) is 2.13. The Kier molecular flexibility index (Phi) is 4.25. The monoisotopic (exact) mass is 287 g/mol. The summed E-state index contributed by atoms with van der Waals surface area (Å²) in [6.45, 7) is 0.585. The van der Waals surface area contributed by atoms with Crippen LogP contribution in [0.2, 0.25) is 5.02 Å². The third-order valence-corrected chi connectivity index (χ3v) is 2.61. The van der Waals surface area contributed by atoms with E-state index in [1.54, 1.807) is 0 Å². The smallest absolute Gasteiger partial charge is 0.419 e. The Hall–Kier alpha value is -0.550. The molecule has 0 aromatic heterocycles. The van der Waals surface area contributed by atoms with Crippen LogP contribution in [0.25, 0.3) is 0 Å². The maximum Gasteiger partial charge on any atom is 0.419 e. The highest BCUT2D eigenvalue weighted by molar-refractivity contribution is 7.50. The number of hydrogen-bond donors (Lipinski definition) is 0. The highest BCUT2D eigenvalue weighted by atomic mass is 35.5. The number of benzene rings is 1. The van der Waals surface area contributed by atoms with Crippen LogP contribution in [0.1, 0.15) is 11.7 Å². The summed E-state index contributed by atoms with van der Waals surface area (Å²) >= 11 is 5.53. The van der Waals surface area contributed by atoms with E-state index in [0.29, 0.717) is 6.66 Å². The van der Waals surface area contributed by atoms with E-state index >= 15 is 0 Å². The van der Waals surface area contributed by atoms with E-state index in [9.17, 15) is 22.6 Å². The van der Waals surface area contributed by atoms with Gasteiger partial charge in [-0.3, -0.25) is 0 Å². The number of alkyl halides is 3. The molecule has 0 aliphatic heterocycles. The summed E-state index contributed by atoms with van der Waals surface area (Å²) < 4.78 is 52.7. The molecular formula is C9H8ClF3O3P-. The fourth-order valence-corrected chi connectivity index (χ4v) is 1.89. The molecule has 96 valence electrons. The molecule has 1 rings (SSSR count). The molecule has 0 saturated carbocycles. The predicted octanol–water partition coefficient (Wildman–Crippen LogP) is 3.14. The van der Waals surface area contributed by atoms with Crippen molar-refractivity contribution in [2.24, 2.45) is 0 Å². The Morgan fingerprint density at radius 1 is 1.35 bits per heavy atom. The first-order valence-corrected chi connectivity index (χ1v) is 6.75. The lowest BCUT2D eigenvalue weighted by atomic mass is 10.1. The minimum atomic E-state index is -4.82. The lowest BCUT2D eigenvalue weighted by Gasteiger charge is -2.27. The SMILES string of the molecule is CP(=O)([O-])O[C@H](c1ccc(Cl)cc1)C(F)(F)F. The fourth-order valence-electron chi connectivity index (χ4n) is 1.14. The third kappa shape index (κ3) is 4.68. The molecule has 1 unspecified atom stereocenters. The van der Waals surface area contributed by atoms with Gasteiger partial charge in [-0.15, -0.1) is 0 Å². The molecule has 3 nitrogen and oxygen atoms in total. The van der Waals surface area contributed by atoms with E-state index in [-0.39, 0.29) is 10.6 Å². The molecule has 0 fully saturated rings. The van der Waals surface area contributed by atoms with Gasteiger partial charge in [-0.2, -0.15) is 13.2 Å². The summed E-state index contributed by atoms with van der Waals surface area (Å²) in [5.41, 5.74) is -0.320. The van der Waals surface area contributed by atoms with Crippen molar-refractivity contribution < 1.29 is 27.2 Å². The maximum absolute atomic E-state index is 12.6. The summed E-state index contributed by atoms with van der Waals surface area (Å²) in [6.07, 6.45) is -7.32. The Labute approximate surface area is 101 Å². The molecule has 0 radical (unpaired) electrons. The normalized spacial score (nSPS) is 17.5. The Morgan fingerprint density at radius 3 is 2.18 bits per heavy atom. The van der Waals surface area contributed by atoms with Crippen molar-refractivity contribution in [1.82, 2.24) is 0 Å². The molecule has 1 aromatic rings. The minimum absolute atomic E-state index is 0.247. The van der Waals surface area contributed by atoms with Gasteiger partial charge in [-0.1, -0.05) is 23.7 Å². The van der Waals surface area contributed by atoms with E-state index in [1.165, 1.54) is 12.1 Å². The van der Waals surface area contributed by atoms with E-state index in [2.05, 4.69) is 4.52 Å². The highest BCUT2D eigenvalue weighted by Crippen LogP contribution is 2.46. The van der Waals surface area contributed by atoms with Gasteiger partial charge in [-0.05, 0) is 17.7 Å². The fraction of sp³-hybridized carbons (Fsp3) is 0.333. The molecule has 1 aromatic carbocycles. The van der Waals surface area contributed by atoms with Crippen molar-refractivity contribution in [3.05, 3.63) is 34.9 Å².